The Morgan fingerprint density at radius 3 is 2.48 bits per heavy atom. The van der Waals surface area contributed by atoms with Crippen LogP contribution in [0.25, 0.3) is 11.1 Å². The van der Waals surface area contributed by atoms with Gasteiger partial charge in [0.05, 0.1) is 17.5 Å². The first-order valence-electron chi connectivity index (χ1n) is 10.0. The van der Waals surface area contributed by atoms with Crippen LogP contribution in [-0.2, 0) is 6.18 Å². The van der Waals surface area contributed by atoms with Gasteiger partial charge >= 0.3 is 6.18 Å². The number of nitrogens with two attached hydrogens (primary N) is 1. The van der Waals surface area contributed by atoms with Gasteiger partial charge in [-0.3, -0.25) is 10.1 Å². The maximum absolute atomic E-state index is 12.9. The van der Waals surface area contributed by atoms with Crippen LogP contribution in [0.1, 0.15) is 67.5 Å². The van der Waals surface area contributed by atoms with E-state index in [0.717, 1.165) is 24.3 Å². The second-order valence-corrected chi connectivity index (χ2v) is 7.52. The molecule has 0 aromatic carbocycles. The van der Waals surface area contributed by atoms with Crippen LogP contribution in [0.2, 0.25) is 0 Å². The number of nitrogens with one attached hydrogen (secondary N) is 2. The normalized spacial score (nSPS) is 13.2. The van der Waals surface area contributed by atoms with Crippen LogP contribution >= 0.6 is 0 Å². The van der Waals surface area contributed by atoms with Gasteiger partial charge < -0.3 is 10.7 Å². The van der Waals surface area contributed by atoms with Crippen LogP contribution in [0, 0.1) is 16.7 Å². The second kappa shape index (κ2) is 9.23. The van der Waals surface area contributed by atoms with E-state index in [9.17, 15) is 18.4 Å². The fourth-order valence-corrected chi connectivity index (χ4v) is 3.54. The molecule has 0 bridgehead atoms. The first kappa shape index (κ1) is 23.6. The van der Waals surface area contributed by atoms with Crippen LogP contribution in [-0.4, -0.2) is 36.9 Å². The number of nitrogens with zero attached hydrogens (tertiary/aromatic N) is 6. The summed E-state index contributed by atoms with van der Waals surface area (Å²) in [6, 6.07) is 2.28. The fourth-order valence-electron chi connectivity index (χ4n) is 3.54. The summed E-state index contributed by atoms with van der Waals surface area (Å²) in [6.07, 6.45) is 2.21. The number of aliphatic imine (C=N–C) groups is 1. The minimum atomic E-state index is -4.70. The van der Waals surface area contributed by atoms with Crippen LogP contribution in [0.3, 0.4) is 0 Å². The van der Waals surface area contributed by atoms with Crippen molar-refractivity contribution in [2.75, 3.05) is 0 Å². The largest absolute Gasteiger partial charge is 0.451 e. The number of H-pyrrole nitrogens is 1. The minimum Gasteiger partial charge on any atom is -0.382 e. The summed E-state index contributed by atoms with van der Waals surface area (Å²) in [5, 5.41) is 21.6. The molecule has 3 aromatic rings. The van der Waals surface area contributed by atoms with E-state index in [1.807, 2.05) is 27.0 Å². The Balaban J connectivity index is 2.23. The standard InChI is InChI=1S/C21H22F3N9/c1-4-14(13-8-31-33(9-13)11(2)3)17-15(5-25)16(18(32-17)19(27)30-10-26)12-6-28-20(29-7-12)21(22,23)24/h6-11,14,32H,4H2,1-3H3,(H3,26,27,30). The van der Waals surface area contributed by atoms with Crippen molar-refractivity contribution >= 4 is 12.2 Å². The molecule has 172 valence electrons. The number of hydrogen-bond donors (Lipinski definition) is 3. The van der Waals surface area contributed by atoms with E-state index in [4.69, 9.17) is 11.1 Å². The predicted octanol–water partition coefficient (Wildman–Crippen LogP) is 3.99. The van der Waals surface area contributed by atoms with Gasteiger partial charge in [-0.1, -0.05) is 6.92 Å². The molecular weight excluding hydrogens is 435 g/mol. The van der Waals surface area contributed by atoms with Crippen molar-refractivity contribution in [3.05, 3.63) is 53.1 Å². The van der Waals surface area contributed by atoms with E-state index in [1.54, 1.807) is 10.9 Å². The van der Waals surface area contributed by atoms with E-state index in [2.05, 4.69) is 31.1 Å². The molecular formula is C21H22F3N9. The lowest BCUT2D eigenvalue weighted by molar-refractivity contribution is -0.144. The third-order valence-corrected chi connectivity index (χ3v) is 5.10. The molecule has 0 aliphatic rings. The quantitative estimate of drug-likeness (QED) is 0.363. The molecule has 33 heavy (non-hydrogen) atoms. The van der Waals surface area contributed by atoms with Gasteiger partial charge in [0.25, 0.3) is 0 Å². The summed E-state index contributed by atoms with van der Waals surface area (Å²) in [5.74, 6) is -1.67. The summed E-state index contributed by atoms with van der Waals surface area (Å²) >= 11 is 0. The van der Waals surface area contributed by atoms with Gasteiger partial charge in [-0.25, -0.2) is 15.0 Å². The molecule has 3 rings (SSSR count). The molecule has 0 saturated carbocycles. The van der Waals surface area contributed by atoms with E-state index >= 15 is 0 Å². The molecule has 0 radical (unpaired) electrons. The second-order valence-electron chi connectivity index (χ2n) is 7.52. The number of amidine groups is 1. The SMILES string of the molecule is CCC(c1cnn(C(C)C)c1)c1[nH]c(C(N)=NC=N)c(-c2cnc(C(F)(F)F)nc2)c1C#N. The number of aromatic amines is 1. The topological polar surface area (TPSA) is 145 Å². The Morgan fingerprint density at radius 1 is 1.33 bits per heavy atom. The molecule has 12 heteroatoms. The molecule has 3 heterocycles. The van der Waals surface area contributed by atoms with E-state index in [1.165, 1.54) is 0 Å². The Hall–Kier alpha value is -4.01. The molecule has 1 atom stereocenters. The lowest BCUT2D eigenvalue weighted by Crippen LogP contribution is -2.16. The molecule has 0 aliphatic carbocycles. The van der Waals surface area contributed by atoms with Crippen LogP contribution in [0.5, 0.6) is 0 Å². The highest BCUT2D eigenvalue weighted by Crippen LogP contribution is 2.37. The highest BCUT2D eigenvalue weighted by molar-refractivity contribution is 6.06. The summed E-state index contributed by atoms with van der Waals surface area (Å²) in [4.78, 5) is 13.7. The summed E-state index contributed by atoms with van der Waals surface area (Å²) < 4.78 is 40.6. The van der Waals surface area contributed by atoms with E-state index < -0.39 is 12.0 Å². The number of aromatic nitrogens is 5. The average Bonchev–Trinajstić information content (AvgIpc) is 3.40. The monoisotopic (exact) mass is 457 g/mol. The van der Waals surface area contributed by atoms with Gasteiger partial charge in [0.15, 0.2) is 0 Å². The van der Waals surface area contributed by atoms with Crippen molar-refractivity contribution in [1.29, 1.82) is 10.7 Å². The van der Waals surface area contributed by atoms with Crippen molar-refractivity contribution in [3.63, 3.8) is 0 Å². The summed E-state index contributed by atoms with van der Waals surface area (Å²) in [6.45, 7) is 5.92. The number of rotatable bonds is 7. The zero-order valence-electron chi connectivity index (χ0n) is 18.1. The molecule has 4 N–H and O–H groups in total. The summed E-state index contributed by atoms with van der Waals surface area (Å²) in [5.41, 5.74) is 8.15. The minimum absolute atomic E-state index is 0.102. The number of nitriles is 1. The molecule has 0 saturated heterocycles. The Bertz CT molecular complexity index is 1210. The third kappa shape index (κ3) is 4.62. The van der Waals surface area contributed by atoms with Gasteiger partial charge in [0, 0.05) is 47.4 Å². The van der Waals surface area contributed by atoms with E-state index in [-0.39, 0.29) is 40.2 Å². The Kier molecular flexibility index (Phi) is 6.62. The van der Waals surface area contributed by atoms with Gasteiger partial charge in [-0.15, -0.1) is 0 Å². The smallest absolute Gasteiger partial charge is 0.382 e. The van der Waals surface area contributed by atoms with Crippen molar-refractivity contribution < 1.29 is 13.2 Å². The van der Waals surface area contributed by atoms with Gasteiger partial charge in [-0.05, 0) is 25.8 Å². The van der Waals surface area contributed by atoms with Crippen molar-refractivity contribution in [2.45, 2.75) is 45.3 Å². The molecule has 9 nitrogen and oxygen atoms in total. The number of alkyl halides is 3. The zero-order valence-corrected chi connectivity index (χ0v) is 18.1. The first-order valence-corrected chi connectivity index (χ1v) is 10.0. The molecule has 0 aliphatic heterocycles. The number of halogens is 3. The first-order chi connectivity index (χ1) is 15.6. The third-order valence-electron chi connectivity index (χ3n) is 5.10. The molecule has 3 aromatic heterocycles. The van der Waals surface area contributed by atoms with Crippen LogP contribution in [0.15, 0.2) is 29.8 Å². The molecule has 0 amide bonds. The maximum Gasteiger partial charge on any atom is 0.451 e. The zero-order chi connectivity index (χ0) is 24.3. The fraction of sp³-hybridized carbons (Fsp3) is 0.333. The van der Waals surface area contributed by atoms with Crippen LogP contribution in [0.4, 0.5) is 13.2 Å². The van der Waals surface area contributed by atoms with Gasteiger partial charge in [0.1, 0.15) is 18.2 Å². The Morgan fingerprint density at radius 2 is 2.00 bits per heavy atom. The van der Waals surface area contributed by atoms with Crippen molar-refractivity contribution in [1.82, 2.24) is 24.7 Å². The van der Waals surface area contributed by atoms with Crippen LogP contribution < -0.4 is 5.73 Å². The Labute approximate surface area is 187 Å². The lowest BCUT2D eigenvalue weighted by Gasteiger charge is -2.13. The molecule has 0 spiro atoms. The van der Waals surface area contributed by atoms with E-state index in [0.29, 0.717) is 12.1 Å². The van der Waals surface area contributed by atoms with Crippen molar-refractivity contribution in [3.8, 4) is 17.2 Å². The highest BCUT2D eigenvalue weighted by atomic mass is 19.4. The van der Waals surface area contributed by atoms with Crippen molar-refractivity contribution in [2.24, 2.45) is 10.7 Å². The summed E-state index contributed by atoms with van der Waals surface area (Å²) in [7, 11) is 0. The maximum atomic E-state index is 12.9. The lowest BCUT2D eigenvalue weighted by atomic mass is 9.91. The highest BCUT2D eigenvalue weighted by Gasteiger charge is 2.35. The number of hydrogen-bond acceptors (Lipinski definition) is 5. The molecule has 1 unspecified atom stereocenters. The predicted molar refractivity (Wildman–Crippen MR) is 116 cm³/mol. The van der Waals surface area contributed by atoms with Gasteiger partial charge in [0.2, 0.25) is 5.82 Å². The molecule has 0 fully saturated rings. The average molecular weight is 457 g/mol. The van der Waals surface area contributed by atoms with Gasteiger partial charge in [-0.2, -0.15) is 23.5 Å².